The third kappa shape index (κ3) is 2.55. The minimum absolute atomic E-state index is 0.268. The minimum Gasteiger partial charge on any atom is -0.307 e. The molecule has 0 bridgehead atoms. The van der Waals surface area contributed by atoms with Crippen LogP contribution in [-0.4, -0.2) is 6.54 Å². The van der Waals surface area contributed by atoms with Crippen LogP contribution in [0.1, 0.15) is 63.5 Å². The van der Waals surface area contributed by atoms with E-state index in [4.69, 9.17) is 0 Å². The summed E-state index contributed by atoms with van der Waals surface area (Å²) in [7, 11) is 0. The predicted octanol–water partition coefficient (Wildman–Crippen LogP) is 4.19. The van der Waals surface area contributed by atoms with Gasteiger partial charge in [-0.3, -0.25) is 0 Å². The molecule has 1 saturated heterocycles. The lowest BCUT2D eigenvalue weighted by atomic mass is 9.83. The Labute approximate surface area is 106 Å². The molecule has 0 radical (unpaired) electrons. The third-order valence-electron chi connectivity index (χ3n) is 4.05. The first kappa shape index (κ1) is 12.6. The molecule has 94 valence electrons. The Hall–Kier alpha value is -0.820. The van der Waals surface area contributed by atoms with Crippen molar-refractivity contribution in [2.45, 2.75) is 57.9 Å². The Balaban J connectivity index is 2.24. The summed E-state index contributed by atoms with van der Waals surface area (Å²) in [6, 6.07) is 9.28. The van der Waals surface area contributed by atoms with Crippen molar-refractivity contribution >= 4 is 0 Å². The molecule has 1 nitrogen and oxygen atoms in total. The van der Waals surface area contributed by atoms with E-state index in [2.05, 4.69) is 50.4 Å². The molecule has 1 fully saturated rings. The van der Waals surface area contributed by atoms with Crippen LogP contribution >= 0.6 is 0 Å². The van der Waals surface area contributed by atoms with E-state index in [1.54, 1.807) is 0 Å². The van der Waals surface area contributed by atoms with Crippen LogP contribution in [0.5, 0.6) is 0 Å². The van der Waals surface area contributed by atoms with Gasteiger partial charge in [0.15, 0.2) is 0 Å². The summed E-state index contributed by atoms with van der Waals surface area (Å²) in [6.07, 6.45) is 5.11. The van der Waals surface area contributed by atoms with Gasteiger partial charge in [-0.2, -0.15) is 0 Å². The quantitative estimate of drug-likeness (QED) is 0.819. The first-order valence-electron chi connectivity index (χ1n) is 7.03. The highest BCUT2D eigenvalue weighted by Crippen LogP contribution is 2.35. The second kappa shape index (κ2) is 5.22. The lowest BCUT2D eigenvalue weighted by Crippen LogP contribution is -2.36. The molecular formula is C16H25N. The summed E-state index contributed by atoms with van der Waals surface area (Å²) in [4.78, 5) is 0. The van der Waals surface area contributed by atoms with Gasteiger partial charge in [0.1, 0.15) is 0 Å². The van der Waals surface area contributed by atoms with Gasteiger partial charge < -0.3 is 5.32 Å². The van der Waals surface area contributed by atoms with Crippen molar-refractivity contribution in [3.05, 3.63) is 35.4 Å². The van der Waals surface area contributed by atoms with E-state index in [-0.39, 0.29) is 5.54 Å². The molecule has 1 N–H and O–H groups in total. The maximum Gasteiger partial charge on any atom is 0.0435 e. The molecule has 1 aromatic carbocycles. The molecule has 0 saturated carbocycles. The Morgan fingerprint density at radius 2 is 1.94 bits per heavy atom. The smallest absolute Gasteiger partial charge is 0.0435 e. The van der Waals surface area contributed by atoms with Gasteiger partial charge in [0.05, 0.1) is 0 Å². The Bertz CT molecular complexity index is 344. The number of hydrogen-bond donors (Lipinski definition) is 1. The highest BCUT2D eigenvalue weighted by molar-refractivity contribution is 5.31. The number of rotatable bonds is 4. The lowest BCUT2D eigenvalue weighted by Gasteiger charge is -2.30. The average Bonchev–Trinajstić information content (AvgIpc) is 2.79. The molecule has 1 heterocycles. The summed E-state index contributed by atoms with van der Waals surface area (Å²) in [6.45, 7) is 7.96. The lowest BCUT2D eigenvalue weighted by molar-refractivity contribution is 0.355. The molecule has 1 heteroatoms. The van der Waals surface area contributed by atoms with E-state index in [9.17, 15) is 0 Å². The second-order valence-electron chi connectivity index (χ2n) is 5.64. The van der Waals surface area contributed by atoms with E-state index in [0.29, 0.717) is 5.92 Å². The second-order valence-corrected chi connectivity index (χ2v) is 5.64. The van der Waals surface area contributed by atoms with Crippen molar-refractivity contribution in [1.82, 2.24) is 5.32 Å². The van der Waals surface area contributed by atoms with Crippen LogP contribution < -0.4 is 5.32 Å². The molecule has 1 aromatic rings. The predicted molar refractivity (Wildman–Crippen MR) is 74.4 cm³/mol. The fourth-order valence-corrected chi connectivity index (χ4v) is 3.02. The van der Waals surface area contributed by atoms with Crippen LogP contribution in [0.25, 0.3) is 0 Å². The Morgan fingerprint density at radius 1 is 1.24 bits per heavy atom. The summed E-state index contributed by atoms with van der Waals surface area (Å²) in [5.74, 6) is 0.628. The summed E-state index contributed by atoms with van der Waals surface area (Å²) in [5, 5.41) is 3.74. The zero-order valence-corrected chi connectivity index (χ0v) is 11.4. The fourth-order valence-electron chi connectivity index (χ4n) is 3.02. The molecule has 17 heavy (non-hydrogen) atoms. The molecule has 1 atom stereocenters. The summed E-state index contributed by atoms with van der Waals surface area (Å²) in [5.41, 5.74) is 3.20. The van der Waals surface area contributed by atoms with Crippen LogP contribution in [0, 0.1) is 0 Å². The van der Waals surface area contributed by atoms with Crippen molar-refractivity contribution in [3.63, 3.8) is 0 Å². The first-order chi connectivity index (χ1) is 8.18. The highest BCUT2D eigenvalue weighted by atomic mass is 15.0. The number of nitrogens with one attached hydrogen (secondary N) is 1. The van der Waals surface area contributed by atoms with Crippen molar-refractivity contribution < 1.29 is 0 Å². The number of benzene rings is 1. The normalized spacial score (nSPS) is 24.5. The van der Waals surface area contributed by atoms with E-state index in [1.165, 1.54) is 43.4 Å². The summed E-state index contributed by atoms with van der Waals surface area (Å²) < 4.78 is 0. The van der Waals surface area contributed by atoms with Crippen LogP contribution in [-0.2, 0) is 5.54 Å². The molecule has 0 aromatic heterocycles. The standard InChI is InChI=1S/C16H25N/c1-4-10-16(11-5-12-17-16)15-8-6-14(7-9-15)13(2)3/h6-9,13,17H,4-5,10-12H2,1-3H3. The Morgan fingerprint density at radius 3 is 2.41 bits per heavy atom. The maximum atomic E-state index is 3.74. The van der Waals surface area contributed by atoms with Gasteiger partial charge in [-0.1, -0.05) is 51.5 Å². The highest BCUT2D eigenvalue weighted by Gasteiger charge is 2.33. The zero-order valence-electron chi connectivity index (χ0n) is 11.4. The largest absolute Gasteiger partial charge is 0.307 e. The molecule has 1 aliphatic heterocycles. The molecule has 0 amide bonds. The Kier molecular flexibility index (Phi) is 3.88. The van der Waals surface area contributed by atoms with E-state index in [0.717, 1.165) is 0 Å². The third-order valence-corrected chi connectivity index (χ3v) is 4.05. The SMILES string of the molecule is CCCC1(c2ccc(C(C)C)cc2)CCCN1. The molecule has 1 unspecified atom stereocenters. The maximum absolute atomic E-state index is 3.74. The van der Waals surface area contributed by atoms with Gasteiger partial charge in [-0.05, 0) is 42.9 Å². The summed E-state index contributed by atoms with van der Waals surface area (Å²) >= 11 is 0. The monoisotopic (exact) mass is 231 g/mol. The average molecular weight is 231 g/mol. The molecule has 1 aliphatic rings. The zero-order chi connectivity index (χ0) is 12.3. The van der Waals surface area contributed by atoms with Crippen LogP contribution in [0.2, 0.25) is 0 Å². The van der Waals surface area contributed by atoms with Gasteiger partial charge in [-0.15, -0.1) is 0 Å². The van der Waals surface area contributed by atoms with Gasteiger partial charge in [0.25, 0.3) is 0 Å². The van der Waals surface area contributed by atoms with Crippen LogP contribution in [0.4, 0.5) is 0 Å². The number of hydrogen-bond acceptors (Lipinski definition) is 1. The first-order valence-corrected chi connectivity index (χ1v) is 7.03. The van der Waals surface area contributed by atoms with Gasteiger partial charge in [-0.25, -0.2) is 0 Å². The molecule has 2 rings (SSSR count). The van der Waals surface area contributed by atoms with Crippen molar-refractivity contribution in [1.29, 1.82) is 0 Å². The van der Waals surface area contributed by atoms with E-state index < -0.39 is 0 Å². The van der Waals surface area contributed by atoms with Crippen molar-refractivity contribution in [3.8, 4) is 0 Å². The van der Waals surface area contributed by atoms with E-state index in [1.807, 2.05) is 0 Å². The van der Waals surface area contributed by atoms with Crippen LogP contribution in [0.3, 0.4) is 0 Å². The molecular weight excluding hydrogens is 206 g/mol. The molecule has 0 aliphatic carbocycles. The fraction of sp³-hybridized carbons (Fsp3) is 0.625. The van der Waals surface area contributed by atoms with Gasteiger partial charge >= 0.3 is 0 Å². The van der Waals surface area contributed by atoms with E-state index >= 15 is 0 Å². The van der Waals surface area contributed by atoms with Crippen molar-refractivity contribution in [2.75, 3.05) is 6.54 Å². The van der Waals surface area contributed by atoms with Gasteiger partial charge in [0, 0.05) is 5.54 Å². The molecule has 0 spiro atoms. The van der Waals surface area contributed by atoms with Gasteiger partial charge in [0.2, 0.25) is 0 Å². The topological polar surface area (TPSA) is 12.0 Å². The van der Waals surface area contributed by atoms with Crippen LogP contribution in [0.15, 0.2) is 24.3 Å². The van der Waals surface area contributed by atoms with Crippen molar-refractivity contribution in [2.24, 2.45) is 0 Å². The minimum atomic E-state index is 0.268.